The summed E-state index contributed by atoms with van der Waals surface area (Å²) in [6, 6.07) is 5.37. The van der Waals surface area contributed by atoms with E-state index in [4.69, 9.17) is 11.6 Å². The molecule has 0 amide bonds. The van der Waals surface area contributed by atoms with Gasteiger partial charge in [-0.25, -0.2) is 0 Å². The van der Waals surface area contributed by atoms with Crippen molar-refractivity contribution in [3.8, 4) is 0 Å². The Labute approximate surface area is 131 Å². The summed E-state index contributed by atoms with van der Waals surface area (Å²) in [7, 11) is 1.98. The molecule has 4 nitrogen and oxygen atoms in total. The molecule has 0 aliphatic heterocycles. The smallest absolute Gasteiger partial charge is 0.274 e. The van der Waals surface area contributed by atoms with E-state index in [1.54, 1.807) is 18.2 Å². The van der Waals surface area contributed by atoms with Crippen molar-refractivity contribution in [1.82, 2.24) is 5.32 Å². The van der Waals surface area contributed by atoms with Crippen LogP contribution in [0, 0.1) is 22.0 Å². The standard InChI is InChI=1S/C16H23ClN2O2/c1-3-11-7-8-15(18-2)12(9-11)10-13-14(17)5-4-6-16(13)19(20)21/h4-6,11-12,15,18H,3,7-10H2,1-2H3. The van der Waals surface area contributed by atoms with Crippen LogP contribution < -0.4 is 5.32 Å². The second-order valence-electron chi connectivity index (χ2n) is 5.94. The van der Waals surface area contributed by atoms with Gasteiger partial charge in [-0.15, -0.1) is 0 Å². The highest BCUT2D eigenvalue weighted by molar-refractivity contribution is 6.31. The van der Waals surface area contributed by atoms with Crippen LogP contribution in [-0.2, 0) is 6.42 Å². The summed E-state index contributed by atoms with van der Waals surface area (Å²) in [4.78, 5) is 10.9. The molecule has 1 aromatic carbocycles. The number of rotatable bonds is 5. The maximum atomic E-state index is 11.2. The Morgan fingerprint density at radius 2 is 2.19 bits per heavy atom. The van der Waals surface area contributed by atoms with Gasteiger partial charge in [0.2, 0.25) is 0 Å². The first-order valence-electron chi connectivity index (χ1n) is 7.65. The maximum absolute atomic E-state index is 11.2. The first-order chi connectivity index (χ1) is 10.1. The van der Waals surface area contributed by atoms with Crippen molar-refractivity contribution >= 4 is 17.3 Å². The Bertz CT molecular complexity index is 507. The third-order valence-corrected chi connectivity index (χ3v) is 5.15. The number of nitro benzene ring substituents is 1. The highest BCUT2D eigenvalue weighted by atomic mass is 35.5. The normalized spacial score (nSPS) is 25.8. The lowest BCUT2D eigenvalue weighted by molar-refractivity contribution is -0.385. The van der Waals surface area contributed by atoms with Gasteiger partial charge in [-0.05, 0) is 50.6 Å². The van der Waals surface area contributed by atoms with Crippen LogP contribution in [0.1, 0.15) is 38.2 Å². The van der Waals surface area contributed by atoms with E-state index < -0.39 is 0 Å². The van der Waals surface area contributed by atoms with E-state index in [1.807, 2.05) is 7.05 Å². The molecule has 0 saturated heterocycles. The lowest BCUT2D eigenvalue weighted by Gasteiger charge is -2.36. The summed E-state index contributed by atoms with van der Waals surface area (Å²) in [5, 5.41) is 15.1. The Balaban J connectivity index is 2.24. The number of halogens is 1. The summed E-state index contributed by atoms with van der Waals surface area (Å²) in [5.41, 5.74) is 0.835. The zero-order valence-corrected chi connectivity index (χ0v) is 13.4. The molecule has 0 spiro atoms. The van der Waals surface area contributed by atoms with Crippen molar-refractivity contribution in [2.24, 2.45) is 11.8 Å². The summed E-state index contributed by atoms with van der Waals surface area (Å²) >= 11 is 6.23. The lowest BCUT2D eigenvalue weighted by atomic mass is 9.74. The van der Waals surface area contributed by atoms with Crippen LogP contribution >= 0.6 is 11.6 Å². The fraction of sp³-hybridized carbons (Fsp3) is 0.625. The molecule has 116 valence electrons. The van der Waals surface area contributed by atoms with Gasteiger partial charge in [-0.1, -0.05) is 31.0 Å². The monoisotopic (exact) mass is 310 g/mol. The molecule has 0 aromatic heterocycles. The number of nitro groups is 1. The van der Waals surface area contributed by atoms with Gasteiger partial charge >= 0.3 is 0 Å². The number of hydrogen-bond acceptors (Lipinski definition) is 3. The number of nitrogens with zero attached hydrogens (tertiary/aromatic N) is 1. The number of nitrogens with one attached hydrogen (secondary N) is 1. The molecular weight excluding hydrogens is 288 g/mol. The SMILES string of the molecule is CCC1CCC(NC)C(Cc2c(Cl)cccc2[N+](=O)[O-])C1. The topological polar surface area (TPSA) is 55.2 Å². The van der Waals surface area contributed by atoms with Crippen LogP contribution in [0.2, 0.25) is 5.02 Å². The fourth-order valence-corrected chi connectivity index (χ4v) is 3.77. The number of hydrogen-bond donors (Lipinski definition) is 1. The van der Waals surface area contributed by atoms with Gasteiger partial charge in [0.05, 0.1) is 9.95 Å². The van der Waals surface area contributed by atoms with Crippen molar-refractivity contribution in [3.63, 3.8) is 0 Å². The van der Waals surface area contributed by atoms with Crippen LogP contribution in [0.4, 0.5) is 5.69 Å². The van der Waals surface area contributed by atoms with E-state index >= 15 is 0 Å². The molecule has 0 radical (unpaired) electrons. The summed E-state index contributed by atoms with van der Waals surface area (Å²) in [6.07, 6.45) is 5.35. The van der Waals surface area contributed by atoms with E-state index in [0.717, 1.165) is 18.8 Å². The second kappa shape index (κ2) is 7.23. The average Bonchev–Trinajstić information content (AvgIpc) is 2.48. The Morgan fingerprint density at radius 3 is 2.81 bits per heavy atom. The quantitative estimate of drug-likeness (QED) is 0.655. The first-order valence-corrected chi connectivity index (χ1v) is 8.03. The Morgan fingerprint density at radius 1 is 1.43 bits per heavy atom. The van der Waals surface area contributed by atoms with Gasteiger partial charge in [0.25, 0.3) is 5.69 Å². The first kappa shape index (κ1) is 16.2. The van der Waals surface area contributed by atoms with Crippen molar-refractivity contribution in [2.75, 3.05) is 7.05 Å². The van der Waals surface area contributed by atoms with Gasteiger partial charge in [0.15, 0.2) is 0 Å². The minimum absolute atomic E-state index is 0.149. The van der Waals surface area contributed by atoms with Gasteiger partial charge in [0, 0.05) is 17.7 Å². The molecule has 21 heavy (non-hydrogen) atoms. The molecule has 3 unspecified atom stereocenters. The summed E-state index contributed by atoms with van der Waals surface area (Å²) in [5.74, 6) is 1.13. The van der Waals surface area contributed by atoms with Crippen molar-refractivity contribution in [2.45, 2.75) is 45.1 Å². The van der Waals surface area contributed by atoms with E-state index in [2.05, 4.69) is 12.2 Å². The summed E-state index contributed by atoms with van der Waals surface area (Å²) < 4.78 is 0. The van der Waals surface area contributed by atoms with Crippen LogP contribution in [0.5, 0.6) is 0 Å². The highest BCUT2D eigenvalue weighted by Crippen LogP contribution is 2.37. The lowest BCUT2D eigenvalue weighted by Crippen LogP contribution is -2.39. The van der Waals surface area contributed by atoms with Gasteiger partial charge < -0.3 is 5.32 Å². The molecule has 1 fully saturated rings. The third kappa shape index (κ3) is 3.74. The molecule has 5 heteroatoms. The summed E-state index contributed by atoms with van der Waals surface area (Å²) in [6.45, 7) is 2.22. The van der Waals surface area contributed by atoms with E-state index in [0.29, 0.717) is 29.0 Å². The molecular formula is C16H23ClN2O2. The molecule has 1 aromatic rings. The van der Waals surface area contributed by atoms with Crippen molar-refractivity contribution < 1.29 is 4.92 Å². The Kier molecular flexibility index (Phi) is 5.59. The maximum Gasteiger partial charge on any atom is 0.274 e. The predicted octanol–water partition coefficient (Wildman–Crippen LogP) is 4.21. The van der Waals surface area contributed by atoms with Gasteiger partial charge in [-0.3, -0.25) is 10.1 Å². The van der Waals surface area contributed by atoms with Gasteiger partial charge in [-0.2, -0.15) is 0 Å². The molecule has 3 atom stereocenters. The van der Waals surface area contributed by atoms with E-state index in [9.17, 15) is 10.1 Å². The molecule has 1 aliphatic rings. The third-order valence-electron chi connectivity index (χ3n) is 4.80. The zero-order valence-electron chi connectivity index (χ0n) is 12.6. The molecule has 0 bridgehead atoms. The number of benzene rings is 1. The Hall–Kier alpha value is -1.13. The van der Waals surface area contributed by atoms with Crippen LogP contribution in [0.3, 0.4) is 0 Å². The zero-order chi connectivity index (χ0) is 15.4. The molecule has 2 rings (SSSR count). The van der Waals surface area contributed by atoms with Crippen LogP contribution in [0.15, 0.2) is 18.2 Å². The highest BCUT2D eigenvalue weighted by Gasteiger charge is 2.31. The largest absolute Gasteiger partial charge is 0.317 e. The predicted molar refractivity (Wildman–Crippen MR) is 85.8 cm³/mol. The molecule has 0 heterocycles. The minimum Gasteiger partial charge on any atom is -0.317 e. The van der Waals surface area contributed by atoms with Crippen LogP contribution in [0.25, 0.3) is 0 Å². The van der Waals surface area contributed by atoms with Crippen LogP contribution in [-0.4, -0.2) is 18.0 Å². The van der Waals surface area contributed by atoms with Crippen molar-refractivity contribution in [3.05, 3.63) is 38.9 Å². The minimum atomic E-state index is -0.324. The molecule has 1 aliphatic carbocycles. The molecule has 1 N–H and O–H groups in total. The second-order valence-corrected chi connectivity index (χ2v) is 6.35. The van der Waals surface area contributed by atoms with E-state index in [1.165, 1.54) is 12.8 Å². The van der Waals surface area contributed by atoms with E-state index in [-0.39, 0.29) is 10.6 Å². The fourth-order valence-electron chi connectivity index (χ4n) is 3.52. The molecule has 1 saturated carbocycles. The van der Waals surface area contributed by atoms with Gasteiger partial charge in [0.1, 0.15) is 0 Å². The van der Waals surface area contributed by atoms with Crippen molar-refractivity contribution in [1.29, 1.82) is 0 Å². The average molecular weight is 311 g/mol.